The molecule has 0 fully saturated rings. The average molecular weight is 737 g/mol. The first-order valence-corrected chi connectivity index (χ1v) is 18.3. The van der Waals surface area contributed by atoms with Crippen LogP contribution >= 0.6 is 23.2 Å². The third kappa shape index (κ3) is 5.38. The van der Waals surface area contributed by atoms with Gasteiger partial charge in [0.2, 0.25) is 5.69 Å². The predicted octanol–water partition coefficient (Wildman–Crippen LogP) is 8.31. The van der Waals surface area contributed by atoms with E-state index in [0.29, 0.717) is 36.7 Å². The third-order valence-corrected chi connectivity index (χ3v) is 11.5. The molecule has 1 atom stereocenters. The SMILES string of the molecule is Cc1cc(OCCCc2c3n(c4c(-c5c(C)[nH][n+](C)c5C)c(Cl)ccc24)[C@H](C)CN(c2cn(C)c4ccc(-n5cncn5)cc24)C3=O)cc(C)c1Cl. The number of aromatic amines is 1. The molecule has 5 heterocycles. The number of aromatic nitrogens is 7. The quantitative estimate of drug-likeness (QED) is 0.126. The monoisotopic (exact) mass is 735 g/mol. The number of halogens is 2. The largest absolute Gasteiger partial charge is 0.494 e. The molecule has 7 aromatic rings. The molecule has 0 radical (unpaired) electrons. The first-order valence-electron chi connectivity index (χ1n) is 17.5. The third-order valence-electron chi connectivity index (χ3n) is 10.6. The summed E-state index contributed by atoms with van der Waals surface area (Å²) in [6.45, 7) is 11.3. The number of aryl methyl sites for hydroxylation is 6. The van der Waals surface area contributed by atoms with Crippen LogP contribution in [0.3, 0.4) is 0 Å². The Balaban J connectivity index is 1.26. The van der Waals surface area contributed by atoms with E-state index >= 15 is 4.79 Å². The number of nitrogens with one attached hydrogen (secondary N) is 1. The lowest BCUT2D eigenvalue weighted by Crippen LogP contribution is -2.42. The molecule has 1 N–H and O–H groups in total. The second kappa shape index (κ2) is 12.9. The first-order chi connectivity index (χ1) is 24.9. The fourth-order valence-corrected chi connectivity index (χ4v) is 8.41. The van der Waals surface area contributed by atoms with Crippen LogP contribution in [0.2, 0.25) is 10.0 Å². The lowest BCUT2D eigenvalue weighted by Gasteiger charge is -2.34. The van der Waals surface area contributed by atoms with E-state index in [1.807, 2.05) is 61.8 Å². The highest BCUT2D eigenvalue weighted by molar-refractivity contribution is 6.35. The topological polar surface area (TPSA) is 89.8 Å². The minimum Gasteiger partial charge on any atom is -0.494 e. The highest BCUT2D eigenvalue weighted by Crippen LogP contribution is 2.45. The van der Waals surface area contributed by atoms with Gasteiger partial charge in [-0.1, -0.05) is 29.3 Å². The molecular formula is C40H41Cl2N8O2+. The summed E-state index contributed by atoms with van der Waals surface area (Å²) in [5, 5.41) is 11.2. The van der Waals surface area contributed by atoms with E-state index < -0.39 is 0 Å². The molecule has 1 aliphatic rings. The van der Waals surface area contributed by atoms with Crippen LogP contribution in [0.1, 0.15) is 58.0 Å². The standard InChI is InChI=1S/C40H40Cl2N8O2/c1-22-15-28(16-23(2)37(22)42)52-14-8-9-29-30-11-12-32(41)36(35-25(4)45-47(7)26(35)5)38(30)50-24(3)18-48(40(51)39(29)50)34-19-46(6)33-13-10-27(17-31(33)34)49-21-43-20-44-49/h10-13,15-17,19-21,24H,8-9,14,18H2,1-7H3/p+1/t24-/m1/s1. The minimum atomic E-state index is -0.0560. The molecule has 0 spiro atoms. The van der Waals surface area contributed by atoms with Crippen LogP contribution in [0, 0.1) is 27.7 Å². The number of benzene rings is 3. The highest BCUT2D eigenvalue weighted by Gasteiger charge is 2.38. The molecule has 266 valence electrons. The molecule has 12 heteroatoms. The zero-order valence-electron chi connectivity index (χ0n) is 30.4. The molecule has 4 aromatic heterocycles. The number of hydrogen-bond donors (Lipinski definition) is 1. The van der Waals surface area contributed by atoms with Crippen molar-refractivity contribution < 1.29 is 14.2 Å². The van der Waals surface area contributed by atoms with E-state index in [0.717, 1.165) is 83.2 Å². The zero-order valence-corrected chi connectivity index (χ0v) is 31.9. The number of anilines is 1. The number of carbonyl (C=O) groups is 1. The molecule has 1 aliphatic heterocycles. The summed E-state index contributed by atoms with van der Waals surface area (Å²) in [7, 11) is 4.02. The van der Waals surface area contributed by atoms with Crippen LogP contribution in [-0.4, -0.2) is 48.1 Å². The van der Waals surface area contributed by atoms with Crippen molar-refractivity contribution in [3.05, 3.63) is 105 Å². The summed E-state index contributed by atoms with van der Waals surface area (Å²) >= 11 is 13.6. The number of carbonyl (C=O) groups excluding carboxylic acids is 1. The number of ether oxygens (including phenoxy) is 1. The van der Waals surface area contributed by atoms with Gasteiger partial charge in [0.15, 0.2) is 7.05 Å². The van der Waals surface area contributed by atoms with E-state index in [9.17, 15) is 0 Å². The molecular weight excluding hydrogens is 695 g/mol. The molecule has 0 saturated carbocycles. The van der Waals surface area contributed by atoms with Crippen molar-refractivity contribution in [3.8, 4) is 22.6 Å². The summed E-state index contributed by atoms with van der Waals surface area (Å²) in [6.07, 6.45) is 6.60. The van der Waals surface area contributed by atoms with Crippen LogP contribution in [0.5, 0.6) is 5.75 Å². The van der Waals surface area contributed by atoms with E-state index in [2.05, 4.69) is 69.5 Å². The van der Waals surface area contributed by atoms with Gasteiger partial charge >= 0.3 is 0 Å². The number of nitrogens with zero attached hydrogens (tertiary/aromatic N) is 7. The average Bonchev–Trinajstić information content (AvgIpc) is 3.89. The number of hydrogen-bond acceptors (Lipinski definition) is 4. The fourth-order valence-electron chi connectivity index (χ4n) is 8.06. The molecule has 8 rings (SSSR count). The molecule has 0 saturated heterocycles. The van der Waals surface area contributed by atoms with Crippen LogP contribution < -0.4 is 14.3 Å². The maximum Gasteiger partial charge on any atom is 0.275 e. The van der Waals surface area contributed by atoms with Crippen molar-refractivity contribution in [2.75, 3.05) is 18.1 Å². The van der Waals surface area contributed by atoms with Crippen molar-refractivity contribution in [1.82, 2.24) is 29.0 Å². The van der Waals surface area contributed by atoms with Gasteiger partial charge in [-0.25, -0.2) is 9.67 Å². The Bertz CT molecular complexity index is 2520. The second-order valence-corrected chi connectivity index (χ2v) is 14.8. The smallest absolute Gasteiger partial charge is 0.275 e. The number of fused-ring (bicyclic) bond motifs is 4. The molecule has 0 unspecified atom stereocenters. The Morgan fingerprint density at radius 3 is 2.48 bits per heavy atom. The normalized spacial score (nSPS) is 14.6. The van der Waals surface area contributed by atoms with Crippen molar-refractivity contribution >= 4 is 56.6 Å². The number of amides is 1. The Kier molecular flexibility index (Phi) is 8.42. The van der Waals surface area contributed by atoms with Crippen molar-refractivity contribution in [2.45, 2.75) is 53.5 Å². The van der Waals surface area contributed by atoms with E-state index in [1.165, 1.54) is 6.33 Å². The van der Waals surface area contributed by atoms with Gasteiger partial charge in [0.25, 0.3) is 5.91 Å². The lowest BCUT2D eigenvalue weighted by molar-refractivity contribution is -0.732. The predicted molar refractivity (Wildman–Crippen MR) is 206 cm³/mol. The number of H-pyrrole nitrogens is 1. The minimum absolute atomic E-state index is 0.0389. The summed E-state index contributed by atoms with van der Waals surface area (Å²) in [6, 6.07) is 14.1. The van der Waals surface area contributed by atoms with E-state index in [1.54, 1.807) is 11.0 Å². The van der Waals surface area contributed by atoms with Crippen molar-refractivity contribution in [2.24, 2.45) is 14.1 Å². The summed E-state index contributed by atoms with van der Waals surface area (Å²) in [5.74, 6) is 0.753. The van der Waals surface area contributed by atoms with Crippen LogP contribution in [0.15, 0.2) is 61.3 Å². The van der Waals surface area contributed by atoms with E-state index in [4.69, 9.17) is 27.9 Å². The van der Waals surface area contributed by atoms with Crippen LogP contribution in [0.4, 0.5) is 5.69 Å². The van der Waals surface area contributed by atoms with Gasteiger partial charge in [-0.3, -0.25) is 4.79 Å². The lowest BCUT2D eigenvalue weighted by atomic mass is 9.98. The first kappa shape index (κ1) is 34.0. The molecule has 1 amide bonds. The molecule has 10 nitrogen and oxygen atoms in total. The summed E-state index contributed by atoms with van der Waals surface area (Å²) < 4.78 is 14.3. The van der Waals surface area contributed by atoms with Gasteiger partial charge < -0.3 is 18.8 Å². The van der Waals surface area contributed by atoms with Crippen molar-refractivity contribution in [3.63, 3.8) is 0 Å². The van der Waals surface area contributed by atoms with Gasteiger partial charge in [0.1, 0.15) is 24.1 Å². The molecule has 52 heavy (non-hydrogen) atoms. The van der Waals surface area contributed by atoms with Gasteiger partial charge in [-0.15, -0.1) is 4.68 Å². The Morgan fingerprint density at radius 2 is 1.79 bits per heavy atom. The van der Waals surface area contributed by atoms with Gasteiger partial charge in [0, 0.05) is 54.1 Å². The summed E-state index contributed by atoms with van der Waals surface area (Å²) in [4.78, 5) is 21.2. The van der Waals surface area contributed by atoms with Crippen LogP contribution in [-0.2, 0) is 20.5 Å². The summed E-state index contributed by atoms with van der Waals surface area (Å²) in [5.41, 5.74) is 11.5. The number of rotatable bonds is 8. The maximum absolute atomic E-state index is 15.1. The zero-order chi connectivity index (χ0) is 36.6. The Hall–Kier alpha value is -5.06. The van der Waals surface area contributed by atoms with Gasteiger partial charge in [-0.2, -0.15) is 10.2 Å². The van der Waals surface area contributed by atoms with Gasteiger partial charge in [0.05, 0.1) is 45.3 Å². The van der Waals surface area contributed by atoms with E-state index in [-0.39, 0.29) is 11.9 Å². The fraction of sp³-hybridized carbons (Fsp3) is 0.300. The molecule has 3 aromatic carbocycles. The van der Waals surface area contributed by atoms with Crippen molar-refractivity contribution in [1.29, 1.82) is 0 Å². The van der Waals surface area contributed by atoms with Gasteiger partial charge in [-0.05, 0) is 93.6 Å². The maximum atomic E-state index is 15.1. The highest BCUT2D eigenvalue weighted by atomic mass is 35.5. The Morgan fingerprint density at radius 1 is 1.02 bits per heavy atom. The Labute approximate surface area is 312 Å². The van der Waals surface area contributed by atoms with Crippen LogP contribution in [0.25, 0.3) is 38.6 Å². The molecule has 0 bridgehead atoms. The molecule has 0 aliphatic carbocycles. The second-order valence-electron chi connectivity index (χ2n) is 14.0.